The fourth-order valence-electron chi connectivity index (χ4n) is 1.93. The van der Waals surface area contributed by atoms with E-state index in [4.69, 9.17) is 4.74 Å². The van der Waals surface area contributed by atoms with Crippen molar-refractivity contribution in [1.82, 2.24) is 0 Å². The molecule has 0 aliphatic heterocycles. The minimum Gasteiger partial charge on any atom is -0.496 e. The summed E-state index contributed by atoms with van der Waals surface area (Å²) in [6.45, 7) is 1.87. The van der Waals surface area contributed by atoms with Crippen molar-refractivity contribution in [2.45, 2.75) is 13.3 Å². The molecule has 0 saturated heterocycles. The van der Waals surface area contributed by atoms with Crippen LogP contribution < -0.4 is 4.74 Å². The summed E-state index contributed by atoms with van der Waals surface area (Å²) in [5.74, 6) is -1.00. The average molecular weight is 276 g/mol. The Morgan fingerprint density at radius 2 is 1.90 bits per heavy atom. The Morgan fingerprint density at radius 3 is 2.55 bits per heavy atom. The van der Waals surface area contributed by atoms with Crippen molar-refractivity contribution in [2.24, 2.45) is 0 Å². The maximum Gasteiger partial charge on any atom is 0.167 e. The van der Waals surface area contributed by atoms with E-state index in [9.17, 15) is 13.6 Å². The van der Waals surface area contributed by atoms with Crippen LogP contribution in [0, 0.1) is 18.6 Å². The van der Waals surface area contributed by atoms with E-state index in [0.717, 1.165) is 17.7 Å². The Bertz CT molecular complexity index is 651. The summed E-state index contributed by atoms with van der Waals surface area (Å²) in [7, 11) is 1.52. The van der Waals surface area contributed by atoms with Crippen molar-refractivity contribution in [2.75, 3.05) is 7.11 Å². The van der Waals surface area contributed by atoms with Gasteiger partial charge in [-0.3, -0.25) is 4.79 Å². The second-order valence-electron chi connectivity index (χ2n) is 4.52. The zero-order valence-corrected chi connectivity index (χ0v) is 11.2. The van der Waals surface area contributed by atoms with Gasteiger partial charge in [-0.25, -0.2) is 8.78 Å². The fraction of sp³-hybridized carbons (Fsp3) is 0.188. The number of rotatable bonds is 4. The molecule has 0 heterocycles. The molecule has 0 amide bonds. The number of Topliss-reactive ketones (excluding diaryl/α,β-unsaturated/α-hetero) is 1. The molecule has 0 fully saturated rings. The lowest BCUT2D eigenvalue weighted by Crippen LogP contribution is -2.06. The number of carbonyl (C=O) groups is 1. The molecule has 0 spiro atoms. The van der Waals surface area contributed by atoms with Crippen LogP contribution in [-0.4, -0.2) is 12.9 Å². The predicted octanol–water partition coefficient (Wildman–Crippen LogP) is 3.71. The van der Waals surface area contributed by atoms with Crippen molar-refractivity contribution in [3.63, 3.8) is 0 Å². The molecule has 0 atom stereocenters. The zero-order valence-electron chi connectivity index (χ0n) is 11.2. The van der Waals surface area contributed by atoms with Crippen LogP contribution in [0.2, 0.25) is 0 Å². The van der Waals surface area contributed by atoms with Crippen LogP contribution in [-0.2, 0) is 6.42 Å². The summed E-state index contributed by atoms with van der Waals surface area (Å²) < 4.78 is 31.5. The molecule has 0 aromatic heterocycles. The van der Waals surface area contributed by atoms with Gasteiger partial charge in [0.15, 0.2) is 5.78 Å². The number of halogens is 2. The van der Waals surface area contributed by atoms with Gasteiger partial charge in [0, 0.05) is 18.1 Å². The molecule has 0 radical (unpaired) electrons. The molecule has 0 aliphatic carbocycles. The summed E-state index contributed by atoms with van der Waals surface area (Å²) >= 11 is 0. The highest BCUT2D eigenvalue weighted by Crippen LogP contribution is 2.20. The second kappa shape index (κ2) is 5.82. The van der Waals surface area contributed by atoms with Gasteiger partial charge in [-0.05, 0) is 30.2 Å². The summed E-state index contributed by atoms with van der Waals surface area (Å²) in [5, 5.41) is 0. The Hall–Kier alpha value is -2.23. The molecule has 20 heavy (non-hydrogen) atoms. The second-order valence-corrected chi connectivity index (χ2v) is 4.52. The number of hydrogen-bond acceptors (Lipinski definition) is 2. The third kappa shape index (κ3) is 3.02. The normalized spacial score (nSPS) is 10.4. The Labute approximate surface area is 116 Å². The van der Waals surface area contributed by atoms with E-state index < -0.39 is 11.6 Å². The first-order valence-electron chi connectivity index (χ1n) is 6.13. The minimum absolute atomic E-state index is 0.113. The molecule has 2 nitrogen and oxygen atoms in total. The number of methoxy groups -OCH3 is 1. The monoisotopic (exact) mass is 276 g/mol. The molecular formula is C16H14F2O2. The number of benzene rings is 2. The average Bonchev–Trinajstić information content (AvgIpc) is 2.42. The molecule has 0 saturated carbocycles. The highest BCUT2D eigenvalue weighted by atomic mass is 19.1. The van der Waals surface area contributed by atoms with Crippen molar-refractivity contribution in [3.05, 3.63) is 64.7 Å². The van der Waals surface area contributed by atoms with Crippen LogP contribution in [0.25, 0.3) is 0 Å². The topological polar surface area (TPSA) is 26.3 Å². The lowest BCUT2D eigenvalue weighted by atomic mass is 10.0. The largest absolute Gasteiger partial charge is 0.496 e. The van der Waals surface area contributed by atoms with Crippen LogP contribution >= 0.6 is 0 Å². The fourth-order valence-corrected chi connectivity index (χ4v) is 1.93. The molecule has 4 heteroatoms. The third-order valence-corrected chi connectivity index (χ3v) is 3.10. The number of aryl methyl sites for hydroxylation is 1. The standard InChI is InChI=1S/C16H14F2O2/c1-10-3-4-12(8-16(10)20-2)15(19)7-11-5-6-13(17)9-14(11)18/h3-6,8-9H,7H2,1-2H3. The van der Waals surface area contributed by atoms with Crippen molar-refractivity contribution in [1.29, 1.82) is 0 Å². The lowest BCUT2D eigenvalue weighted by molar-refractivity contribution is 0.0991. The first-order chi connectivity index (χ1) is 9.51. The van der Waals surface area contributed by atoms with Crippen molar-refractivity contribution >= 4 is 5.78 Å². The number of hydrogen-bond donors (Lipinski definition) is 0. The van der Waals surface area contributed by atoms with Gasteiger partial charge in [-0.1, -0.05) is 18.2 Å². The summed E-state index contributed by atoms with van der Waals surface area (Å²) in [4.78, 5) is 12.1. The maximum absolute atomic E-state index is 13.5. The van der Waals surface area contributed by atoms with Crippen molar-refractivity contribution in [3.8, 4) is 5.75 Å². The van der Waals surface area contributed by atoms with E-state index in [1.165, 1.54) is 13.2 Å². The van der Waals surface area contributed by atoms with Gasteiger partial charge < -0.3 is 4.74 Å². The van der Waals surface area contributed by atoms with Gasteiger partial charge in [0.05, 0.1) is 7.11 Å². The molecule has 2 aromatic carbocycles. The van der Waals surface area contributed by atoms with E-state index in [1.54, 1.807) is 18.2 Å². The minimum atomic E-state index is -0.711. The van der Waals surface area contributed by atoms with E-state index in [0.29, 0.717) is 11.3 Å². The molecule has 104 valence electrons. The van der Waals surface area contributed by atoms with Gasteiger partial charge >= 0.3 is 0 Å². The summed E-state index contributed by atoms with van der Waals surface area (Å²) in [5.41, 5.74) is 1.53. The number of ketones is 1. The predicted molar refractivity (Wildman–Crippen MR) is 72.1 cm³/mol. The molecule has 2 rings (SSSR count). The van der Waals surface area contributed by atoms with Gasteiger partial charge in [-0.15, -0.1) is 0 Å². The molecule has 0 unspecified atom stereocenters. The Kier molecular flexibility index (Phi) is 4.13. The Morgan fingerprint density at radius 1 is 1.15 bits per heavy atom. The van der Waals surface area contributed by atoms with E-state index in [1.807, 2.05) is 6.92 Å². The summed E-state index contributed by atoms with van der Waals surface area (Å²) in [6.07, 6.45) is -0.113. The molecular weight excluding hydrogens is 262 g/mol. The van der Waals surface area contributed by atoms with Crippen LogP contribution in [0.3, 0.4) is 0 Å². The van der Waals surface area contributed by atoms with Crippen LogP contribution in [0.1, 0.15) is 21.5 Å². The van der Waals surface area contributed by atoms with Gasteiger partial charge in [0.2, 0.25) is 0 Å². The van der Waals surface area contributed by atoms with E-state index in [2.05, 4.69) is 0 Å². The van der Waals surface area contributed by atoms with E-state index in [-0.39, 0.29) is 17.8 Å². The quantitative estimate of drug-likeness (QED) is 0.796. The molecule has 0 bridgehead atoms. The highest BCUT2D eigenvalue weighted by molar-refractivity contribution is 5.98. The molecule has 0 aliphatic rings. The van der Waals surface area contributed by atoms with E-state index >= 15 is 0 Å². The number of carbonyl (C=O) groups excluding carboxylic acids is 1. The van der Waals surface area contributed by atoms with Crippen LogP contribution in [0.4, 0.5) is 8.78 Å². The van der Waals surface area contributed by atoms with Crippen LogP contribution in [0.5, 0.6) is 5.75 Å². The lowest BCUT2D eigenvalue weighted by Gasteiger charge is -2.07. The van der Waals surface area contributed by atoms with Crippen LogP contribution in [0.15, 0.2) is 36.4 Å². The van der Waals surface area contributed by atoms with Crippen molar-refractivity contribution < 1.29 is 18.3 Å². The van der Waals surface area contributed by atoms with Gasteiger partial charge in [-0.2, -0.15) is 0 Å². The highest BCUT2D eigenvalue weighted by Gasteiger charge is 2.12. The van der Waals surface area contributed by atoms with Gasteiger partial charge in [0.25, 0.3) is 0 Å². The first kappa shape index (κ1) is 14.2. The molecule has 2 aromatic rings. The number of ether oxygens (including phenoxy) is 1. The third-order valence-electron chi connectivity index (χ3n) is 3.10. The maximum atomic E-state index is 13.5. The summed E-state index contributed by atoms with van der Waals surface area (Å²) in [6, 6.07) is 8.27. The molecule has 0 N–H and O–H groups in total. The first-order valence-corrected chi connectivity index (χ1v) is 6.13. The van der Waals surface area contributed by atoms with Gasteiger partial charge in [0.1, 0.15) is 17.4 Å². The smallest absolute Gasteiger partial charge is 0.167 e. The zero-order chi connectivity index (χ0) is 14.7. The Balaban J connectivity index is 2.24. The SMILES string of the molecule is COc1cc(C(=O)Cc2ccc(F)cc2F)ccc1C.